The summed E-state index contributed by atoms with van der Waals surface area (Å²) in [5.41, 5.74) is 2.03. The summed E-state index contributed by atoms with van der Waals surface area (Å²) in [6.07, 6.45) is 0.510. The van der Waals surface area contributed by atoms with E-state index in [0.717, 1.165) is 33.7 Å². The lowest BCUT2D eigenvalue weighted by molar-refractivity contribution is 0.0988. The van der Waals surface area contributed by atoms with Gasteiger partial charge >= 0.3 is 0 Å². The molecule has 2 aromatic heterocycles. The van der Waals surface area contributed by atoms with Gasteiger partial charge in [-0.1, -0.05) is 34.8 Å². The molecular weight excluding hydrogens is 296 g/mol. The Morgan fingerprint density at radius 2 is 1.95 bits per heavy atom. The van der Waals surface area contributed by atoms with Crippen LogP contribution in [0.2, 0.25) is 0 Å². The van der Waals surface area contributed by atoms with E-state index in [1.54, 1.807) is 6.20 Å². The second-order valence-electron chi connectivity index (χ2n) is 4.09. The van der Waals surface area contributed by atoms with Gasteiger partial charge < -0.3 is 10.2 Å². The standard InChI is InChI=1S/C13H10N2O3S2/c16-6-10(17)12-11(19-13(18)20-12)9-5-14-7-3-1-2-4-8(7)15-9/h1-5,10,16-17H,6H2. The topological polar surface area (TPSA) is 83.3 Å². The third-order valence-electron chi connectivity index (χ3n) is 2.76. The summed E-state index contributed by atoms with van der Waals surface area (Å²) >= 11 is 1.94. The van der Waals surface area contributed by atoms with Crippen molar-refractivity contribution < 1.29 is 10.2 Å². The highest BCUT2D eigenvalue weighted by molar-refractivity contribution is 7.29. The van der Waals surface area contributed by atoms with Crippen LogP contribution in [0.3, 0.4) is 0 Å². The molecule has 0 aliphatic heterocycles. The van der Waals surface area contributed by atoms with Crippen LogP contribution >= 0.6 is 22.7 Å². The molecule has 2 N–H and O–H groups in total. The summed E-state index contributed by atoms with van der Waals surface area (Å²) < 4.78 is -0.141. The third kappa shape index (κ3) is 2.36. The van der Waals surface area contributed by atoms with Crippen molar-refractivity contribution in [3.8, 4) is 10.6 Å². The lowest BCUT2D eigenvalue weighted by Gasteiger charge is -2.07. The molecule has 0 saturated carbocycles. The van der Waals surface area contributed by atoms with E-state index in [1.165, 1.54) is 0 Å². The smallest absolute Gasteiger partial charge is 0.288 e. The van der Waals surface area contributed by atoms with Crippen LogP contribution < -0.4 is 4.06 Å². The number of hydrogen-bond donors (Lipinski definition) is 2. The van der Waals surface area contributed by atoms with Crippen molar-refractivity contribution in [2.24, 2.45) is 0 Å². The molecule has 0 saturated heterocycles. The lowest BCUT2D eigenvalue weighted by atomic mass is 10.2. The van der Waals surface area contributed by atoms with Crippen LogP contribution in [0.15, 0.2) is 35.3 Å². The first kappa shape index (κ1) is 13.3. The fraction of sp³-hybridized carbons (Fsp3) is 0.154. The van der Waals surface area contributed by atoms with Crippen LogP contribution in [0.1, 0.15) is 11.0 Å². The first-order chi connectivity index (χ1) is 9.69. The lowest BCUT2D eigenvalue weighted by Crippen LogP contribution is -2.01. The summed E-state index contributed by atoms with van der Waals surface area (Å²) in [7, 11) is 0. The van der Waals surface area contributed by atoms with Crippen LogP contribution in [0, 0.1) is 0 Å². The molecule has 7 heteroatoms. The zero-order valence-corrected chi connectivity index (χ0v) is 11.8. The molecule has 3 rings (SSSR count). The van der Waals surface area contributed by atoms with Gasteiger partial charge in [-0.3, -0.25) is 9.78 Å². The van der Waals surface area contributed by atoms with Crippen molar-refractivity contribution >= 4 is 33.7 Å². The normalized spacial score (nSPS) is 12.7. The van der Waals surface area contributed by atoms with E-state index in [1.807, 2.05) is 24.3 Å². The number of benzene rings is 1. The minimum absolute atomic E-state index is 0.141. The fourth-order valence-corrected chi connectivity index (χ4v) is 3.97. The molecule has 2 heterocycles. The molecule has 3 aromatic rings. The molecule has 1 aromatic carbocycles. The fourth-order valence-electron chi connectivity index (χ4n) is 1.84. The summed E-state index contributed by atoms with van der Waals surface area (Å²) in [5.74, 6) is 0. The maximum absolute atomic E-state index is 11.6. The molecule has 1 atom stereocenters. The van der Waals surface area contributed by atoms with E-state index in [0.29, 0.717) is 15.4 Å². The molecular formula is C13H10N2O3S2. The third-order valence-corrected chi connectivity index (χ3v) is 5.05. The van der Waals surface area contributed by atoms with E-state index in [2.05, 4.69) is 9.97 Å². The minimum atomic E-state index is -1.07. The van der Waals surface area contributed by atoms with Crippen LogP contribution in [-0.2, 0) is 0 Å². The maximum Gasteiger partial charge on any atom is 0.288 e. The van der Waals surface area contributed by atoms with Crippen molar-refractivity contribution in [2.75, 3.05) is 6.61 Å². The number of fused-ring (bicyclic) bond motifs is 1. The van der Waals surface area contributed by atoms with E-state index >= 15 is 0 Å². The molecule has 0 bridgehead atoms. The van der Waals surface area contributed by atoms with Gasteiger partial charge in [0.15, 0.2) is 0 Å². The Hall–Kier alpha value is -1.67. The number of hydrogen-bond acceptors (Lipinski definition) is 7. The van der Waals surface area contributed by atoms with Gasteiger partial charge in [0.1, 0.15) is 11.8 Å². The number of aliphatic hydroxyl groups is 2. The highest BCUT2D eigenvalue weighted by Crippen LogP contribution is 2.33. The maximum atomic E-state index is 11.6. The Kier molecular flexibility index (Phi) is 3.58. The predicted molar refractivity (Wildman–Crippen MR) is 79.0 cm³/mol. The number of aromatic nitrogens is 2. The highest BCUT2D eigenvalue weighted by atomic mass is 32.2. The molecule has 0 radical (unpaired) electrons. The highest BCUT2D eigenvalue weighted by Gasteiger charge is 2.19. The first-order valence-electron chi connectivity index (χ1n) is 5.84. The van der Waals surface area contributed by atoms with Gasteiger partial charge in [-0.25, -0.2) is 4.98 Å². The molecule has 1 unspecified atom stereocenters. The van der Waals surface area contributed by atoms with E-state index < -0.39 is 12.7 Å². The van der Waals surface area contributed by atoms with Crippen molar-refractivity contribution in [1.82, 2.24) is 9.97 Å². The second kappa shape index (κ2) is 5.37. The van der Waals surface area contributed by atoms with Crippen LogP contribution in [0.5, 0.6) is 0 Å². The van der Waals surface area contributed by atoms with Crippen LogP contribution in [-0.4, -0.2) is 26.8 Å². The van der Waals surface area contributed by atoms with Gasteiger partial charge in [0.05, 0.1) is 33.6 Å². The quantitative estimate of drug-likeness (QED) is 0.771. The first-order valence-corrected chi connectivity index (χ1v) is 7.47. The average molecular weight is 306 g/mol. The van der Waals surface area contributed by atoms with Gasteiger partial charge in [0, 0.05) is 0 Å². The molecule has 0 aliphatic carbocycles. The van der Waals surface area contributed by atoms with Crippen molar-refractivity contribution in [2.45, 2.75) is 6.10 Å². The molecule has 5 nitrogen and oxygen atoms in total. The zero-order chi connectivity index (χ0) is 14.1. The Labute approximate surface area is 121 Å². The van der Waals surface area contributed by atoms with Crippen LogP contribution in [0.4, 0.5) is 0 Å². The summed E-state index contributed by atoms with van der Waals surface area (Å²) in [5, 5.41) is 18.8. The minimum Gasteiger partial charge on any atom is -0.393 e. The SMILES string of the molecule is O=c1sc(-c2cnc3ccccc3n2)c(C(O)CO)s1. The molecule has 20 heavy (non-hydrogen) atoms. The number of para-hydroxylation sites is 2. The number of nitrogens with zero attached hydrogens (tertiary/aromatic N) is 2. The van der Waals surface area contributed by atoms with Gasteiger partial charge in [0.25, 0.3) is 4.06 Å². The van der Waals surface area contributed by atoms with E-state index in [4.69, 9.17) is 5.11 Å². The Bertz CT molecular complexity index is 812. The Morgan fingerprint density at radius 1 is 1.20 bits per heavy atom. The van der Waals surface area contributed by atoms with Gasteiger partial charge in [-0.15, -0.1) is 0 Å². The summed E-state index contributed by atoms with van der Waals surface area (Å²) in [4.78, 5) is 21.3. The summed E-state index contributed by atoms with van der Waals surface area (Å²) in [6, 6.07) is 7.43. The largest absolute Gasteiger partial charge is 0.393 e. The molecule has 0 spiro atoms. The summed E-state index contributed by atoms with van der Waals surface area (Å²) in [6.45, 7) is -0.430. The van der Waals surface area contributed by atoms with Crippen LogP contribution in [0.25, 0.3) is 21.6 Å². The molecule has 0 aliphatic rings. The second-order valence-corrected chi connectivity index (χ2v) is 6.35. The number of rotatable bonds is 3. The van der Waals surface area contributed by atoms with Gasteiger partial charge in [-0.2, -0.15) is 0 Å². The van der Waals surface area contributed by atoms with Crippen molar-refractivity contribution in [3.05, 3.63) is 44.2 Å². The van der Waals surface area contributed by atoms with E-state index in [9.17, 15) is 9.90 Å². The van der Waals surface area contributed by atoms with Crippen molar-refractivity contribution in [1.29, 1.82) is 0 Å². The Morgan fingerprint density at radius 3 is 2.70 bits per heavy atom. The van der Waals surface area contributed by atoms with Gasteiger partial charge in [-0.05, 0) is 12.1 Å². The molecule has 102 valence electrons. The number of aliphatic hydroxyl groups excluding tert-OH is 2. The van der Waals surface area contributed by atoms with E-state index in [-0.39, 0.29) is 4.06 Å². The van der Waals surface area contributed by atoms with Gasteiger partial charge in [0.2, 0.25) is 0 Å². The molecule has 0 amide bonds. The Balaban J connectivity index is 2.17. The van der Waals surface area contributed by atoms with Crippen molar-refractivity contribution in [3.63, 3.8) is 0 Å². The zero-order valence-electron chi connectivity index (χ0n) is 10.2. The average Bonchev–Trinajstić information content (AvgIpc) is 2.88. The predicted octanol–water partition coefficient (Wildman–Crippen LogP) is 1.81. The molecule has 0 fully saturated rings. The monoisotopic (exact) mass is 306 g/mol.